The highest BCUT2D eigenvalue weighted by Crippen LogP contribution is 2.35. The largest absolute Gasteiger partial charge is 0.282 e. The average molecular weight is 262 g/mol. The van der Waals surface area contributed by atoms with Crippen molar-refractivity contribution in [2.45, 2.75) is 18.9 Å². The summed E-state index contributed by atoms with van der Waals surface area (Å²) in [4.78, 5) is 2.14. The second-order valence-electron chi connectivity index (χ2n) is 5.37. The van der Waals surface area contributed by atoms with Crippen molar-refractivity contribution in [1.29, 1.82) is 5.26 Å². The van der Waals surface area contributed by atoms with Gasteiger partial charge in [-0.25, -0.2) is 0 Å². The van der Waals surface area contributed by atoms with Crippen LogP contribution < -0.4 is 0 Å². The van der Waals surface area contributed by atoms with Gasteiger partial charge in [-0.1, -0.05) is 48.5 Å². The Morgan fingerprint density at radius 3 is 2.00 bits per heavy atom. The summed E-state index contributed by atoms with van der Waals surface area (Å²) in [5.74, 6) is 0. The number of fused-ring (bicyclic) bond motifs is 2. The molecule has 0 fully saturated rings. The monoisotopic (exact) mass is 262 g/mol. The van der Waals surface area contributed by atoms with E-state index in [-0.39, 0.29) is 6.04 Å². The molecule has 100 valence electrons. The summed E-state index contributed by atoms with van der Waals surface area (Å²) in [5, 5.41) is 9.04. The fraction of sp³-hybridized carbons (Fsp3) is 0.278. The molecule has 2 aromatic rings. The summed E-state index contributed by atoms with van der Waals surface area (Å²) >= 11 is 0. The SMILES string of the molecule is CN(CC#N)C1c2ccccc2CCc2ccccc21. The van der Waals surface area contributed by atoms with Gasteiger partial charge in [0.25, 0.3) is 0 Å². The molecule has 0 amide bonds. The van der Waals surface area contributed by atoms with Crippen molar-refractivity contribution in [3.8, 4) is 6.07 Å². The Labute approximate surface area is 120 Å². The molecule has 1 aliphatic rings. The summed E-state index contributed by atoms with van der Waals surface area (Å²) < 4.78 is 0. The molecule has 0 spiro atoms. The second kappa shape index (κ2) is 5.48. The molecule has 2 aromatic carbocycles. The van der Waals surface area contributed by atoms with Crippen LogP contribution in [-0.4, -0.2) is 18.5 Å². The summed E-state index contributed by atoms with van der Waals surface area (Å²) in [6.45, 7) is 0.438. The van der Waals surface area contributed by atoms with Gasteiger partial charge < -0.3 is 0 Å². The van der Waals surface area contributed by atoms with Gasteiger partial charge in [0.2, 0.25) is 0 Å². The molecule has 0 unspecified atom stereocenters. The van der Waals surface area contributed by atoms with E-state index in [4.69, 9.17) is 5.26 Å². The first-order valence-electron chi connectivity index (χ1n) is 7.04. The maximum atomic E-state index is 9.04. The highest BCUT2D eigenvalue weighted by molar-refractivity contribution is 5.44. The highest BCUT2D eigenvalue weighted by atomic mass is 15.1. The summed E-state index contributed by atoms with van der Waals surface area (Å²) in [7, 11) is 2.03. The molecule has 0 saturated heterocycles. The van der Waals surface area contributed by atoms with Gasteiger partial charge in [-0.2, -0.15) is 5.26 Å². The Bertz CT molecular complexity index is 607. The van der Waals surface area contributed by atoms with Gasteiger partial charge in [-0.15, -0.1) is 0 Å². The summed E-state index contributed by atoms with van der Waals surface area (Å²) in [6, 6.07) is 19.7. The zero-order chi connectivity index (χ0) is 13.9. The van der Waals surface area contributed by atoms with E-state index in [1.54, 1.807) is 0 Å². The summed E-state index contributed by atoms with van der Waals surface area (Å²) in [6.07, 6.45) is 2.15. The van der Waals surface area contributed by atoms with Crippen LogP contribution >= 0.6 is 0 Å². The lowest BCUT2D eigenvalue weighted by Crippen LogP contribution is -2.26. The molecule has 0 bridgehead atoms. The van der Waals surface area contributed by atoms with E-state index in [1.165, 1.54) is 22.3 Å². The Balaban J connectivity index is 2.16. The molecule has 2 nitrogen and oxygen atoms in total. The van der Waals surface area contributed by atoms with Crippen molar-refractivity contribution in [1.82, 2.24) is 4.90 Å². The lowest BCUT2D eigenvalue weighted by molar-refractivity contribution is 0.311. The fourth-order valence-electron chi connectivity index (χ4n) is 3.17. The topological polar surface area (TPSA) is 27.0 Å². The highest BCUT2D eigenvalue weighted by Gasteiger charge is 2.26. The summed E-state index contributed by atoms with van der Waals surface area (Å²) in [5.41, 5.74) is 5.49. The molecule has 0 heterocycles. The maximum absolute atomic E-state index is 9.04. The minimum absolute atomic E-state index is 0.185. The van der Waals surface area contributed by atoms with Crippen LogP contribution in [0.25, 0.3) is 0 Å². The first-order chi connectivity index (χ1) is 9.81. The molecule has 3 rings (SSSR count). The van der Waals surface area contributed by atoms with E-state index in [0.717, 1.165) is 12.8 Å². The number of benzene rings is 2. The molecule has 0 atom stereocenters. The van der Waals surface area contributed by atoms with Crippen molar-refractivity contribution >= 4 is 0 Å². The van der Waals surface area contributed by atoms with Crippen LogP contribution in [0, 0.1) is 11.3 Å². The van der Waals surface area contributed by atoms with Gasteiger partial charge in [0.05, 0.1) is 18.7 Å². The van der Waals surface area contributed by atoms with Crippen LogP contribution in [0.15, 0.2) is 48.5 Å². The average Bonchev–Trinajstić information content (AvgIpc) is 2.64. The second-order valence-corrected chi connectivity index (χ2v) is 5.37. The Morgan fingerprint density at radius 1 is 1.00 bits per heavy atom. The van der Waals surface area contributed by atoms with Gasteiger partial charge in [0, 0.05) is 0 Å². The van der Waals surface area contributed by atoms with Crippen molar-refractivity contribution in [2.24, 2.45) is 0 Å². The van der Waals surface area contributed by atoms with Gasteiger partial charge in [-0.05, 0) is 42.1 Å². The Morgan fingerprint density at radius 2 is 1.50 bits per heavy atom. The smallest absolute Gasteiger partial charge is 0.0871 e. The molecular formula is C18H18N2. The van der Waals surface area contributed by atoms with Crippen molar-refractivity contribution in [2.75, 3.05) is 13.6 Å². The quantitative estimate of drug-likeness (QED) is 0.776. The zero-order valence-electron chi connectivity index (χ0n) is 11.7. The third-order valence-electron chi connectivity index (χ3n) is 4.12. The third-order valence-corrected chi connectivity index (χ3v) is 4.12. The van der Waals surface area contributed by atoms with Crippen molar-refractivity contribution in [3.63, 3.8) is 0 Å². The number of hydrogen-bond donors (Lipinski definition) is 0. The molecule has 0 N–H and O–H groups in total. The van der Waals surface area contributed by atoms with Crippen LogP contribution in [0.4, 0.5) is 0 Å². The van der Waals surface area contributed by atoms with Crippen molar-refractivity contribution in [3.05, 3.63) is 70.8 Å². The minimum Gasteiger partial charge on any atom is -0.282 e. The number of aryl methyl sites for hydroxylation is 2. The zero-order valence-corrected chi connectivity index (χ0v) is 11.7. The van der Waals surface area contributed by atoms with Crippen LogP contribution in [0.1, 0.15) is 28.3 Å². The first-order valence-corrected chi connectivity index (χ1v) is 7.04. The lowest BCUT2D eigenvalue weighted by Gasteiger charge is -2.28. The molecule has 2 heteroatoms. The van der Waals surface area contributed by atoms with E-state index in [1.807, 2.05) is 7.05 Å². The third kappa shape index (κ3) is 2.21. The van der Waals surface area contributed by atoms with Gasteiger partial charge in [0.1, 0.15) is 0 Å². The van der Waals surface area contributed by atoms with Crippen LogP contribution in [-0.2, 0) is 12.8 Å². The predicted molar refractivity (Wildman–Crippen MR) is 80.4 cm³/mol. The number of nitriles is 1. The van der Waals surface area contributed by atoms with Gasteiger partial charge in [-0.3, -0.25) is 4.90 Å². The molecule has 1 aliphatic carbocycles. The molecular weight excluding hydrogens is 244 g/mol. The number of nitrogens with zero attached hydrogens (tertiary/aromatic N) is 2. The minimum atomic E-state index is 0.185. The standard InChI is InChI=1S/C18H18N2/c1-20(13-12-19)18-16-8-4-2-6-14(16)10-11-15-7-3-5-9-17(15)18/h2-9,18H,10-11,13H2,1H3. The van der Waals surface area contributed by atoms with Gasteiger partial charge >= 0.3 is 0 Å². The fourth-order valence-corrected chi connectivity index (χ4v) is 3.17. The predicted octanol–water partition coefficient (Wildman–Crippen LogP) is 3.33. The van der Waals surface area contributed by atoms with E-state index in [9.17, 15) is 0 Å². The number of hydrogen-bond acceptors (Lipinski definition) is 2. The Kier molecular flexibility index (Phi) is 3.54. The van der Waals surface area contributed by atoms with E-state index < -0.39 is 0 Å². The number of rotatable bonds is 2. The van der Waals surface area contributed by atoms with Crippen molar-refractivity contribution < 1.29 is 0 Å². The molecule has 20 heavy (non-hydrogen) atoms. The van der Waals surface area contributed by atoms with Crippen LogP contribution in [0.3, 0.4) is 0 Å². The van der Waals surface area contributed by atoms with E-state index in [2.05, 4.69) is 59.5 Å². The van der Waals surface area contributed by atoms with E-state index >= 15 is 0 Å². The van der Waals surface area contributed by atoms with Crippen LogP contribution in [0.2, 0.25) is 0 Å². The molecule has 0 aliphatic heterocycles. The lowest BCUT2D eigenvalue weighted by atomic mass is 9.93. The molecule has 0 saturated carbocycles. The first kappa shape index (κ1) is 12.9. The normalized spacial score (nSPS) is 14.2. The maximum Gasteiger partial charge on any atom is 0.0871 e. The molecule has 0 radical (unpaired) electrons. The molecule has 0 aromatic heterocycles. The Hall–Kier alpha value is -2.11. The van der Waals surface area contributed by atoms with E-state index in [0.29, 0.717) is 6.54 Å². The van der Waals surface area contributed by atoms with Gasteiger partial charge in [0.15, 0.2) is 0 Å². The van der Waals surface area contributed by atoms with Crippen LogP contribution in [0.5, 0.6) is 0 Å².